The Kier molecular flexibility index (Phi) is 5.56. The Morgan fingerprint density at radius 1 is 1.00 bits per heavy atom. The van der Waals surface area contributed by atoms with E-state index in [0.29, 0.717) is 11.3 Å². The second kappa shape index (κ2) is 7.42. The number of halogens is 1. The minimum Gasteiger partial charge on any atom is -0.275 e. The van der Waals surface area contributed by atoms with Crippen molar-refractivity contribution in [1.29, 1.82) is 0 Å². The van der Waals surface area contributed by atoms with Gasteiger partial charge in [0.15, 0.2) is 0 Å². The highest BCUT2D eigenvalue weighted by Gasteiger charge is 2.20. The molecule has 0 saturated carbocycles. The molecule has 0 bridgehead atoms. The average Bonchev–Trinajstić information content (AvgIpc) is 2.49. The Bertz CT molecular complexity index is 491. The standard InChI is InChI=1S/C15H15FNPS/c1-2-17-15(19-16)18(13-9-5-3-6-10-13)14-11-7-4-8-12-14/h3-12H,2H2,1H3. The van der Waals surface area contributed by atoms with Crippen LogP contribution in [0.2, 0.25) is 0 Å². The molecule has 2 rings (SSSR count). The number of nitrogens with zero attached hydrogens (tertiary/aromatic N) is 1. The summed E-state index contributed by atoms with van der Waals surface area (Å²) in [6.45, 7) is 2.53. The van der Waals surface area contributed by atoms with Crippen LogP contribution in [-0.4, -0.2) is 11.3 Å². The predicted molar refractivity (Wildman–Crippen MR) is 85.7 cm³/mol. The van der Waals surface area contributed by atoms with Crippen molar-refractivity contribution < 1.29 is 3.89 Å². The van der Waals surface area contributed by atoms with Gasteiger partial charge in [0.2, 0.25) is 0 Å². The zero-order chi connectivity index (χ0) is 13.5. The average molecular weight is 291 g/mol. The molecule has 2 aromatic rings. The maximum absolute atomic E-state index is 13.3. The highest BCUT2D eigenvalue weighted by atomic mass is 32.2. The van der Waals surface area contributed by atoms with Crippen molar-refractivity contribution in [1.82, 2.24) is 0 Å². The van der Waals surface area contributed by atoms with Crippen molar-refractivity contribution in [3.63, 3.8) is 0 Å². The Labute approximate surface area is 119 Å². The van der Waals surface area contributed by atoms with Crippen LogP contribution in [-0.2, 0) is 0 Å². The lowest BCUT2D eigenvalue weighted by Crippen LogP contribution is -2.16. The predicted octanol–water partition coefficient (Wildman–Crippen LogP) is 4.11. The number of benzene rings is 2. The molecular formula is C15H15FNPS. The van der Waals surface area contributed by atoms with E-state index in [2.05, 4.69) is 4.99 Å². The van der Waals surface area contributed by atoms with Crippen LogP contribution in [0.5, 0.6) is 0 Å². The van der Waals surface area contributed by atoms with E-state index < -0.39 is 7.92 Å². The van der Waals surface area contributed by atoms with Gasteiger partial charge in [-0.2, -0.15) is 3.89 Å². The summed E-state index contributed by atoms with van der Waals surface area (Å²) in [5.74, 6) is 0. The molecule has 0 saturated heterocycles. The maximum Gasteiger partial charge on any atom is 0.132 e. The van der Waals surface area contributed by atoms with Gasteiger partial charge in [0.1, 0.15) is 16.9 Å². The molecule has 2 aromatic carbocycles. The Hall–Kier alpha value is -1.18. The molecule has 0 radical (unpaired) electrons. The van der Waals surface area contributed by atoms with E-state index in [1.165, 1.54) is 0 Å². The fourth-order valence-electron chi connectivity index (χ4n) is 1.79. The minimum absolute atomic E-state index is 0.271. The first-order valence-electron chi connectivity index (χ1n) is 6.10. The topological polar surface area (TPSA) is 12.4 Å². The van der Waals surface area contributed by atoms with Gasteiger partial charge in [0.25, 0.3) is 0 Å². The first-order chi connectivity index (χ1) is 9.36. The Morgan fingerprint density at radius 2 is 1.47 bits per heavy atom. The molecule has 4 heteroatoms. The van der Waals surface area contributed by atoms with Gasteiger partial charge in [-0.05, 0) is 17.5 Å². The lowest BCUT2D eigenvalue weighted by atomic mass is 10.4. The van der Waals surface area contributed by atoms with Crippen LogP contribution in [0, 0.1) is 0 Å². The summed E-state index contributed by atoms with van der Waals surface area (Å²) in [7, 11) is -0.882. The first kappa shape index (κ1) is 14.2. The Balaban J connectivity index is 2.48. The molecule has 0 fully saturated rings. The fraction of sp³-hybridized carbons (Fsp3) is 0.133. The zero-order valence-corrected chi connectivity index (χ0v) is 12.4. The summed E-state index contributed by atoms with van der Waals surface area (Å²) >= 11 is 0.271. The van der Waals surface area contributed by atoms with Crippen molar-refractivity contribution in [2.24, 2.45) is 4.99 Å². The molecule has 0 aliphatic rings. The van der Waals surface area contributed by atoms with Crippen LogP contribution >= 0.6 is 20.1 Å². The number of hydrogen-bond donors (Lipinski definition) is 0. The lowest BCUT2D eigenvalue weighted by molar-refractivity contribution is 0.950. The summed E-state index contributed by atoms with van der Waals surface area (Å²) < 4.78 is 13.3. The van der Waals surface area contributed by atoms with Crippen molar-refractivity contribution in [3.8, 4) is 0 Å². The molecule has 0 aliphatic carbocycles. The molecule has 0 amide bonds. The van der Waals surface area contributed by atoms with Crippen LogP contribution in [0.15, 0.2) is 65.7 Å². The molecule has 98 valence electrons. The maximum atomic E-state index is 13.3. The normalized spacial score (nSPS) is 11.8. The third kappa shape index (κ3) is 3.65. The number of hydrogen-bond acceptors (Lipinski definition) is 2. The van der Waals surface area contributed by atoms with E-state index in [1.807, 2.05) is 67.6 Å². The van der Waals surface area contributed by atoms with Gasteiger partial charge < -0.3 is 0 Å². The van der Waals surface area contributed by atoms with Crippen molar-refractivity contribution in [3.05, 3.63) is 60.7 Å². The van der Waals surface area contributed by atoms with Gasteiger partial charge in [-0.15, -0.1) is 0 Å². The van der Waals surface area contributed by atoms with E-state index >= 15 is 0 Å². The smallest absolute Gasteiger partial charge is 0.132 e. The number of aliphatic imine (C=N–C) groups is 1. The van der Waals surface area contributed by atoms with Gasteiger partial charge in [-0.25, -0.2) is 0 Å². The molecular weight excluding hydrogens is 276 g/mol. The summed E-state index contributed by atoms with van der Waals surface area (Å²) in [5, 5.41) is 2.25. The van der Waals surface area contributed by atoms with Gasteiger partial charge >= 0.3 is 0 Å². The molecule has 0 aromatic heterocycles. The second-order valence-electron chi connectivity index (χ2n) is 3.84. The SMILES string of the molecule is CCN=C(SF)P(c1ccccc1)c1ccccc1. The summed E-state index contributed by atoms with van der Waals surface area (Å²) in [6.07, 6.45) is 0. The van der Waals surface area contributed by atoms with Crippen molar-refractivity contribution in [2.75, 3.05) is 6.54 Å². The van der Waals surface area contributed by atoms with Crippen molar-refractivity contribution >= 4 is 35.5 Å². The van der Waals surface area contributed by atoms with Gasteiger partial charge in [0, 0.05) is 14.5 Å². The third-order valence-electron chi connectivity index (χ3n) is 2.58. The van der Waals surface area contributed by atoms with Crippen LogP contribution in [0.1, 0.15) is 6.92 Å². The molecule has 0 heterocycles. The number of rotatable bonds is 4. The van der Waals surface area contributed by atoms with E-state index in [1.54, 1.807) is 0 Å². The molecule has 1 nitrogen and oxygen atoms in total. The van der Waals surface area contributed by atoms with E-state index in [9.17, 15) is 3.89 Å². The van der Waals surface area contributed by atoms with E-state index in [0.717, 1.165) is 10.6 Å². The monoisotopic (exact) mass is 291 g/mol. The van der Waals surface area contributed by atoms with E-state index in [-0.39, 0.29) is 12.1 Å². The van der Waals surface area contributed by atoms with Crippen molar-refractivity contribution in [2.45, 2.75) is 6.92 Å². The summed E-state index contributed by atoms with van der Waals surface area (Å²) in [4.78, 5) is 4.91. The molecule has 0 spiro atoms. The fourth-order valence-corrected chi connectivity index (χ4v) is 4.84. The molecule has 0 unspecified atom stereocenters. The minimum atomic E-state index is -0.882. The summed E-state index contributed by atoms with van der Waals surface area (Å²) in [5.41, 5.74) is 0. The van der Waals surface area contributed by atoms with Crippen LogP contribution in [0.4, 0.5) is 3.89 Å². The third-order valence-corrected chi connectivity index (χ3v) is 5.76. The molecule has 0 aliphatic heterocycles. The lowest BCUT2D eigenvalue weighted by Gasteiger charge is -2.18. The Morgan fingerprint density at radius 3 is 1.84 bits per heavy atom. The van der Waals surface area contributed by atoms with Gasteiger partial charge in [0.05, 0.1) is 0 Å². The molecule has 19 heavy (non-hydrogen) atoms. The second-order valence-corrected chi connectivity index (χ2v) is 6.81. The van der Waals surface area contributed by atoms with Gasteiger partial charge in [-0.1, -0.05) is 60.7 Å². The highest BCUT2D eigenvalue weighted by molar-refractivity contribution is 8.25. The molecule has 0 N–H and O–H groups in total. The van der Waals surface area contributed by atoms with Crippen LogP contribution < -0.4 is 10.6 Å². The van der Waals surface area contributed by atoms with Gasteiger partial charge in [-0.3, -0.25) is 4.99 Å². The zero-order valence-electron chi connectivity index (χ0n) is 10.7. The van der Waals surface area contributed by atoms with E-state index in [4.69, 9.17) is 0 Å². The van der Waals surface area contributed by atoms with Crippen LogP contribution in [0.25, 0.3) is 0 Å². The quantitative estimate of drug-likeness (QED) is 0.469. The summed E-state index contributed by atoms with van der Waals surface area (Å²) in [6, 6.07) is 20.1. The van der Waals surface area contributed by atoms with Crippen LogP contribution in [0.3, 0.4) is 0 Å². The molecule has 0 atom stereocenters. The highest BCUT2D eigenvalue weighted by Crippen LogP contribution is 2.40. The first-order valence-corrected chi connectivity index (χ1v) is 8.16. The largest absolute Gasteiger partial charge is 0.275 e.